The lowest BCUT2D eigenvalue weighted by Crippen LogP contribution is -2.43. The zero-order valence-electron chi connectivity index (χ0n) is 39.3. The van der Waals surface area contributed by atoms with E-state index < -0.39 is 5.41 Å². The first-order valence-electron chi connectivity index (χ1n) is 22.8. The molecule has 0 bridgehead atoms. The van der Waals surface area contributed by atoms with Gasteiger partial charge in [0.15, 0.2) is 34.5 Å². The molecule has 0 atom stereocenters. The fraction of sp³-hybridized carbons (Fsp3) is 0.358. The average Bonchev–Trinajstić information content (AvgIpc) is 3.35. The molecule has 0 saturated carbocycles. The summed E-state index contributed by atoms with van der Waals surface area (Å²) in [5.41, 5.74) is 5.65. The summed E-state index contributed by atoms with van der Waals surface area (Å²) in [4.78, 5) is 55.4. The Morgan fingerprint density at radius 2 is 0.735 bits per heavy atom. The van der Waals surface area contributed by atoms with Gasteiger partial charge in [0, 0.05) is 31.6 Å². The van der Waals surface area contributed by atoms with Gasteiger partial charge in [-0.2, -0.15) is 0 Å². The van der Waals surface area contributed by atoms with Gasteiger partial charge in [-0.3, -0.25) is 19.2 Å². The molecule has 15 nitrogen and oxygen atoms in total. The van der Waals surface area contributed by atoms with Crippen molar-refractivity contribution in [3.05, 3.63) is 147 Å². The molecule has 0 aliphatic rings. The first kappa shape index (κ1) is 55.1. The predicted molar refractivity (Wildman–Crippen MR) is 267 cm³/mol. The minimum atomic E-state index is -0.987. The monoisotopic (exact) mass is 936 g/mol. The van der Waals surface area contributed by atoms with Crippen LogP contribution in [0.1, 0.15) is 76.0 Å². The van der Waals surface area contributed by atoms with E-state index in [-0.39, 0.29) is 117 Å². The van der Waals surface area contributed by atoms with Crippen LogP contribution < -0.4 is 55.4 Å². The van der Waals surface area contributed by atoms with Gasteiger partial charge in [-0.15, -0.1) is 0 Å². The summed E-state index contributed by atoms with van der Waals surface area (Å²) < 4.78 is 34.9. The minimum absolute atomic E-state index is 0.152. The SMILES string of the molecule is C=CCOc1cccc(C(=O)NCCCC(CCCNC(=O)c2cccc(OCC=C)c2OCC=C)(CCCNC(=O)c2cccc(OCC=C)c2OCC=C)C(=O)NCCCN)c1OCC=C. The molecular weight excluding hydrogens is 867 g/mol. The van der Waals surface area contributed by atoms with Crippen LogP contribution in [0.5, 0.6) is 34.5 Å². The zero-order chi connectivity index (χ0) is 49.4. The van der Waals surface area contributed by atoms with Crippen LogP contribution in [0.3, 0.4) is 0 Å². The van der Waals surface area contributed by atoms with Crippen LogP contribution in [0.2, 0.25) is 0 Å². The van der Waals surface area contributed by atoms with E-state index in [2.05, 4.69) is 60.7 Å². The third-order valence-electron chi connectivity index (χ3n) is 10.3. The Kier molecular flexibility index (Phi) is 25.6. The van der Waals surface area contributed by atoms with Crippen LogP contribution >= 0.6 is 0 Å². The van der Waals surface area contributed by atoms with Crippen LogP contribution in [0.4, 0.5) is 0 Å². The molecule has 0 radical (unpaired) electrons. The summed E-state index contributed by atoms with van der Waals surface area (Å²) >= 11 is 0. The van der Waals surface area contributed by atoms with Crippen molar-refractivity contribution >= 4 is 23.6 Å². The van der Waals surface area contributed by atoms with E-state index in [9.17, 15) is 19.2 Å². The van der Waals surface area contributed by atoms with E-state index in [1.54, 1.807) is 91.1 Å². The molecule has 0 fully saturated rings. The van der Waals surface area contributed by atoms with Gasteiger partial charge < -0.3 is 55.4 Å². The number of benzene rings is 3. The summed E-state index contributed by atoms with van der Waals surface area (Å²) in [6.45, 7) is 24.8. The van der Waals surface area contributed by atoms with Crippen LogP contribution in [-0.4, -0.2) is 96.0 Å². The number of hydrogen-bond acceptors (Lipinski definition) is 11. The lowest BCUT2D eigenvalue weighted by Gasteiger charge is -2.33. The van der Waals surface area contributed by atoms with Gasteiger partial charge >= 0.3 is 0 Å². The van der Waals surface area contributed by atoms with Crippen molar-refractivity contribution < 1.29 is 47.6 Å². The van der Waals surface area contributed by atoms with Crippen LogP contribution in [-0.2, 0) is 4.79 Å². The molecule has 0 saturated heterocycles. The van der Waals surface area contributed by atoms with Crippen LogP contribution in [0, 0.1) is 5.41 Å². The van der Waals surface area contributed by atoms with E-state index in [4.69, 9.17) is 34.2 Å². The first-order chi connectivity index (χ1) is 33.1. The highest BCUT2D eigenvalue weighted by atomic mass is 16.5. The standard InChI is InChI=1S/C53H69N5O10/c1-7-34-63-43-23-13-20-40(46(43)66-37-10-4)49(59)55-30-16-26-53(52(62)58-33-19-29-54,27-17-31-56-50(60)41-21-14-24-44(64-35-8-2)47(41)67-38-11-5)28-18-32-57-51(61)42-22-15-25-45(65-36-9-3)48(42)68-39-12-6/h7-15,20-25H,1-6,16-19,26-39,54H2,(H,55,59)(H,56,60)(H,57,61)(H,58,62). The Hall–Kier alpha value is -7.26. The maximum Gasteiger partial charge on any atom is 0.255 e. The lowest BCUT2D eigenvalue weighted by atomic mass is 9.74. The number of amides is 4. The summed E-state index contributed by atoms with van der Waals surface area (Å²) in [6, 6.07) is 15.2. The number of nitrogens with one attached hydrogen (secondary N) is 4. The molecule has 68 heavy (non-hydrogen) atoms. The average molecular weight is 936 g/mol. The Balaban J connectivity index is 1.89. The third-order valence-corrected chi connectivity index (χ3v) is 10.3. The Morgan fingerprint density at radius 3 is 1.03 bits per heavy atom. The topological polar surface area (TPSA) is 198 Å². The fourth-order valence-corrected chi connectivity index (χ4v) is 7.12. The fourth-order valence-electron chi connectivity index (χ4n) is 7.12. The molecule has 0 spiro atoms. The molecule has 3 rings (SSSR count). The molecule has 15 heteroatoms. The van der Waals surface area contributed by atoms with Crippen LogP contribution in [0.15, 0.2) is 131 Å². The van der Waals surface area contributed by atoms with Gasteiger partial charge in [0.2, 0.25) is 5.91 Å². The number of carbonyl (C=O) groups is 4. The molecule has 6 N–H and O–H groups in total. The van der Waals surface area contributed by atoms with E-state index in [1.165, 1.54) is 0 Å². The molecule has 0 unspecified atom stereocenters. The van der Waals surface area contributed by atoms with Gasteiger partial charge in [0.1, 0.15) is 39.6 Å². The third kappa shape index (κ3) is 17.5. The Labute approximate surface area is 401 Å². The van der Waals surface area contributed by atoms with Crippen molar-refractivity contribution in [1.29, 1.82) is 0 Å². The number of hydrogen-bond donors (Lipinski definition) is 5. The van der Waals surface area contributed by atoms with Crippen molar-refractivity contribution in [2.75, 3.05) is 72.4 Å². The summed E-state index contributed by atoms with van der Waals surface area (Å²) in [5, 5.41) is 12.0. The van der Waals surface area contributed by atoms with Crippen molar-refractivity contribution in [2.24, 2.45) is 11.1 Å². The molecular formula is C53H69N5O10. The maximum atomic E-state index is 14.4. The highest BCUT2D eigenvalue weighted by molar-refractivity contribution is 5.99. The second-order valence-corrected chi connectivity index (χ2v) is 15.3. The first-order valence-corrected chi connectivity index (χ1v) is 22.8. The van der Waals surface area contributed by atoms with Gasteiger partial charge in [-0.1, -0.05) is 94.1 Å². The number of rotatable bonds is 37. The number of para-hydroxylation sites is 3. The molecule has 3 aromatic rings. The summed E-state index contributed by atoms with van der Waals surface area (Å²) in [7, 11) is 0. The normalized spacial score (nSPS) is 10.6. The van der Waals surface area contributed by atoms with Crippen molar-refractivity contribution in [3.8, 4) is 34.5 Å². The number of nitrogens with two attached hydrogens (primary N) is 1. The Morgan fingerprint density at radius 1 is 0.441 bits per heavy atom. The highest BCUT2D eigenvalue weighted by Gasteiger charge is 2.37. The molecule has 0 aliphatic heterocycles. The van der Waals surface area contributed by atoms with Crippen molar-refractivity contribution in [3.63, 3.8) is 0 Å². The molecule has 0 aromatic heterocycles. The summed E-state index contributed by atoms with van der Waals surface area (Å²) in [5.74, 6) is 0.620. The minimum Gasteiger partial charge on any atom is -0.486 e. The molecule has 366 valence electrons. The van der Waals surface area contributed by atoms with Gasteiger partial charge in [-0.05, 0) is 87.9 Å². The highest BCUT2D eigenvalue weighted by Crippen LogP contribution is 2.37. The van der Waals surface area contributed by atoms with Gasteiger partial charge in [0.05, 0.1) is 16.7 Å². The van der Waals surface area contributed by atoms with E-state index in [0.29, 0.717) is 75.3 Å². The smallest absolute Gasteiger partial charge is 0.255 e. The Bertz CT molecular complexity index is 1930. The molecule has 0 heterocycles. The maximum absolute atomic E-state index is 14.4. The van der Waals surface area contributed by atoms with E-state index in [0.717, 1.165) is 0 Å². The second-order valence-electron chi connectivity index (χ2n) is 15.3. The second kappa shape index (κ2) is 31.6. The number of ether oxygens (including phenoxy) is 6. The molecule has 4 amide bonds. The van der Waals surface area contributed by atoms with Crippen molar-refractivity contribution in [2.45, 2.75) is 44.9 Å². The lowest BCUT2D eigenvalue weighted by molar-refractivity contribution is -0.132. The molecule has 3 aromatic carbocycles. The predicted octanol–water partition coefficient (Wildman–Crippen LogP) is 7.46. The van der Waals surface area contributed by atoms with E-state index in [1.807, 2.05) is 0 Å². The zero-order valence-corrected chi connectivity index (χ0v) is 39.3. The quantitative estimate of drug-likeness (QED) is 0.0284. The van der Waals surface area contributed by atoms with Gasteiger partial charge in [0.25, 0.3) is 17.7 Å². The van der Waals surface area contributed by atoms with Gasteiger partial charge in [-0.25, -0.2) is 0 Å². The number of carbonyl (C=O) groups excluding carboxylic acids is 4. The largest absolute Gasteiger partial charge is 0.486 e. The molecule has 0 aliphatic carbocycles. The van der Waals surface area contributed by atoms with Crippen molar-refractivity contribution in [1.82, 2.24) is 21.3 Å². The van der Waals surface area contributed by atoms with Crippen LogP contribution in [0.25, 0.3) is 0 Å². The summed E-state index contributed by atoms with van der Waals surface area (Å²) in [6.07, 6.45) is 12.4. The van der Waals surface area contributed by atoms with E-state index >= 15 is 0 Å².